The van der Waals surface area contributed by atoms with E-state index in [4.69, 9.17) is 4.42 Å². The number of aromatic nitrogens is 2. The summed E-state index contributed by atoms with van der Waals surface area (Å²) in [5, 5.41) is 7.98. The van der Waals surface area contributed by atoms with Gasteiger partial charge in [0, 0.05) is 0 Å². The van der Waals surface area contributed by atoms with Crippen LogP contribution in [0.25, 0.3) is 0 Å². The Balaban J connectivity index is 2.50. The van der Waals surface area contributed by atoms with E-state index in [1.165, 1.54) is 6.26 Å². The average molecular weight is 295 g/mol. The Kier molecular flexibility index (Phi) is 3.38. The van der Waals surface area contributed by atoms with Crippen molar-refractivity contribution in [2.75, 3.05) is 0 Å². The minimum absolute atomic E-state index is 0.170. The monoisotopic (exact) mass is 294 g/mol. The van der Waals surface area contributed by atoms with Gasteiger partial charge in [-0.15, -0.1) is 0 Å². The maximum Gasteiger partial charge on any atom is 0.231 e. The Morgan fingerprint density at radius 2 is 2.24 bits per heavy atom. The molecule has 0 saturated heterocycles. The van der Waals surface area contributed by atoms with Gasteiger partial charge < -0.3 is 4.42 Å². The molecule has 88 valence electrons. The lowest BCUT2D eigenvalue weighted by atomic mass is 10.1. The lowest BCUT2D eigenvalue weighted by molar-refractivity contribution is 0.101. The van der Waals surface area contributed by atoms with Crippen molar-refractivity contribution in [3.8, 4) is 0 Å². The third-order valence-electron chi connectivity index (χ3n) is 2.40. The molecule has 0 aliphatic rings. The second-order valence-electron chi connectivity index (χ2n) is 3.63. The molecule has 4 nitrogen and oxygen atoms in total. The highest BCUT2D eigenvalue weighted by atomic mass is 79.9. The fourth-order valence-electron chi connectivity index (χ4n) is 1.55. The highest BCUT2D eigenvalue weighted by Crippen LogP contribution is 2.22. The van der Waals surface area contributed by atoms with E-state index < -0.39 is 0 Å². The molecule has 0 unspecified atom stereocenters. The lowest BCUT2D eigenvalue weighted by Gasteiger charge is -2.04. The van der Waals surface area contributed by atoms with Crippen molar-refractivity contribution >= 4 is 21.7 Å². The van der Waals surface area contributed by atoms with E-state index in [0.717, 1.165) is 0 Å². The maximum atomic E-state index is 12.3. The molecule has 0 saturated carbocycles. The molecule has 2 rings (SSSR count). The van der Waals surface area contributed by atoms with Gasteiger partial charge in [-0.3, -0.25) is 4.79 Å². The Bertz CT molecular complexity index is 563. The van der Waals surface area contributed by atoms with Crippen molar-refractivity contribution < 1.29 is 9.21 Å². The third kappa shape index (κ3) is 2.29. The van der Waals surface area contributed by atoms with E-state index in [0.29, 0.717) is 33.6 Å². The Labute approximate surface area is 107 Å². The van der Waals surface area contributed by atoms with Crippen LogP contribution in [0.3, 0.4) is 0 Å². The molecule has 0 spiro atoms. The molecule has 0 fully saturated rings. The second-order valence-corrected chi connectivity index (χ2v) is 4.48. The van der Waals surface area contributed by atoms with Crippen LogP contribution in [0.15, 0.2) is 27.3 Å². The summed E-state index contributed by atoms with van der Waals surface area (Å²) >= 11 is 3.28. The first-order valence-electron chi connectivity index (χ1n) is 5.24. The minimum atomic E-state index is -0.170. The minimum Gasteiger partial charge on any atom is -0.460 e. The van der Waals surface area contributed by atoms with Crippen LogP contribution in [0, 0.1) is 6.92 Å². The standard InChI is InChI=1S/C12H11BrN2O2/c1-3-10-8(6-7(2)14-15-10)11(16)12-9(13)4-5-17-12/h4-6H,3H2,1-2H3. The molecular formula is C12H11BrN2O2. The summed E-state index contributed by atoms with van der Waals surface area (Å²) in [5.74, 6) is 0.129. The van der Waals surface area contributed by atoms with E-state index >= 15 is 0 Å². The molecule has 17 heavy (non-hydrogen) atoms. The van der Waals surface area contributed by atoms with Crippen LogP contribution in [0.4, 0.5) is 0 Å². The predicted octanol–water partition coefficient (Wildman–Crippen LogP) is 2.93. The molecule has 0 aliphatic heterocycles. The van der Waals surface area contributed by atoms with E-state index in [1.807, 2.05) is 6.92 Å². The van der Waals surface area contributed by atoms with Crippen LogP contribution < -0.4 is 0 Å². The van der Waals surface area contributed by atoms with Crippen molar-refractivity contribution in [1.29, 1.82) is 0 Å². The molecule has 0 N–H and O–H groups in total. The number of rotatable bonds is 3. The lowest BCUT2D eigenvalue weighted by Crippen LogP contribution is -2.08. The number of halogens is 1. The van der Waals surface area contributed by atoms with Gasteiger partial charge in [-0.2, -0.15) is 10.2 Å². The molecular weight excluding hydrogens is 284 g/mol. The van der Waals surface area contributed by atoms with Crippen LogP contribution in [0.1, 0.15) is 34.4 Å². The van der Waals surface area contributed by atoms with Gasteiger partial charge in [-0.1, -0.05) is 6.92 Å². The van der Waals surface area contributed by atoms with Crippen LogP contribution in [0.5, 0.6) is 0 Å². The smallest absolute Gasteiger partial charge is 0.231 e. The number of carbonyl (C=O) groups excluding carboxylic acids is 1. The van der Waals surface area contributed by atoms with Crippen LogP contribution in [0.2, 0.25) is 0 Å². The van der Waals surface area contributed by atoms with Crippen molar-refractivity contribution in [2.24, 2.45) is 0 Å². The first-order valence-corrected chi connectivity index (χ1v) is 6.03. The first-order chi connectivity index (χ1) is 8.13. The third-order valence-corrected chi connectivity index (χ3v) is 3.02. The SMILES string of the molecule is CCc1nnc(C)cc1C(=O)c1occc1Br. The number of hydrogen-bond donors (Lipinski definition) is 0. The van der Waals surface area contributed by atoms with Crippen molar-refractivity contribution in [3.63, 3.8) is 0 Å². The summed E-state index contributed by atoms with van der Waals surface area (Å²) < 4.78 is 5.83. The summed E-state index contributed by atoms with van der Waals surface area (Å²) in [6.45, 7) is 3.74. The molecule has 0 aromatic carbocycles. The van der Waals surface area contributed by atoms with Gasteiger partial charge in [0.25, 0.3) is 0 Å². The normalized spacial score (nSPS) is 10.5. The number of carbonyl (C=O) groups is 1. The molecule has 5 heteroatoms. The van der Waals surface area contributed by atoms with Crippen LogP contribution in [-0.2, 0) is 6.42 Å². The summed E-state index contributed by atoms with van der Waals surface area (Å²) in [6, 6.07) is 3.43. The molecule has 0 atom stereocenters. The Hall–Kier alpha value is -1.49. The van der Waals surface area contributed by atoms with Gasteiger partial charge in [-0.05, 0) is 41.4 Å². The molecule has 0 bridgehead atoms. The zero-order valence-corrected chi connectivity index (χ0v) is 11.1. The van der Waals surface area contributed by atoms with Crippen LogP contribution >= 0.6 is 15.9 Å². The first kappa shape index (κ1) is 12.0. The van der Waals surface area contributed by atoms with Gasteiger partial charge >= 0.3 is 0 Å². The van der Waals surface area contributed by atoms with Crippen LogP contribution in [-0.4, -0.2) is 16.0 Å². The second kappa shape index (κ2) is 4.79. The van der Waals surface area contributed by atoms with E-state index in [9.17, 15) is 4.79 Å². The topological polar surface area (TPSA) is 56.0 Å². The molecule has 0 amide bonds. The van der Waals surface area contributed by atoms with Crippen molar-refractivity contribution in [3.05, 3.63) is 45.6 Å². The Morgan fingerprint density at radius 1 is 1.47 bits per heavy atom. The zero-order valence-electron chi connectivity index (χ0n) is 9.53. The molecule has 0 radical (unpaired) electrons. The molecule has 2 aromatic rings. The number of aryl methyl sites for hydroxylation is 2. The quantitative estimate of drug-likeness (QED) is 0.817. The Morgan fingerprint density at radius 3 is 2.82 bits per heavy atom. The van der Waals surface area contributed by atoms with Gasteiger partial charge in [0.2, 0.25) is 5.78 Å². The highest BCUT2D eigenvalue weighted by molar-refractivity contribution is 9.10. The van der Waals surface area contributed by atoms with Gasteiger partial charge in [0.1, 0.15) is 0 Å². The summed E-state index contributed by atoms with van der Waals surface area (Å²) in [5.41, 5.74) is 1.95. The van der Waals surface area contributed by atoms with Gasteiger partial charge in [0.05, 0.1) is 27.7 Å². The maximum absolute atomic E-state index is 12.3. The fourth-order valence-corrected chi connectivity index (χ4v) is 1.93. The molecule has 2 aromatic heterocycles. The molecule has 0 aliphatic carbocycles. The molecule has 2 heterocycles. The summed E-state index contributed by atoms with van der Waals surface area (Å²) in [7, 11) is 0. The van der Waals surface area contributed by atoms with Gasteiger partial charge in [-0.25, -0.2) is 0 Å². The highest BCUT2D eigenvalue weighted by Gasteiger charge is 2.20. The van der Waals surface area contributed by atoms with Crippen molar-refractivity contribution in [1.82, 2.24) is 10.2 Å². The van der Waals surface area contributed by atoms with Crippen molar-refractivity contribution in [2.45, 2.75) is 20.3 Å². The van der Waals surface area contributed by atoms with E-state index in [-0.39, 0.29) is 5.78 Å². The average Bonchev–Trinajstić information content (AvgIpc) is 2.74. The fraction of sp³-hybridized carbons (Fsp3) is 0.250. The number of furan rings is 1. The summed E-state index contributed by atoms with van der Waals surface area (Å²) in [6.07, 6.45) is 2.14. The largest absolute Gasteiger partial charge is 0.460 e. The number of ketones is 1. The van der Waals surface area contributed by atoms with Gasteiger partial charge in [0.15, 0.2) is 5.76 Å². The zero-order chi connectivity index (χ0) is 12.4. The predicted molar refractivity (Wildman–Crippen MR) is 66.0 cm³/mol. The summed E-state index contributed by atoms with van der Waals surface area (Å²) in [4.78, 5) is 12.3. The number of hydrogen-bond acceptors (Lipinski definition) is 4. The number of nitrogens with zero attached hydrogens (tertiary/aromatic N) is 2. The van der Waals surface area contributed by atoms with E-state index in [2.05, 4.69) is 26.1 Å². The van der Waals surface area contributed by atoms with E-state index in [1.54, 1.807) is 19.1 Å².